The molecule has 1 atom stereocenters. The summed E-state index contributed by atoms with van der Waals surface area (Å²) in [6, 6.07) is 15.1. The fourth-order valence-electron chi connectivity index (χ4n) is 4.35. The molecule has 4 rings (SSSR count). The summed E-state index contributed by atoms with van der Waals surface area (Å²) in [7, 11) is 1.64. The van der Waals surface area contributed by atoms with Gasteiger partial charge in [0.25, 0.3) is 5.91 Å². The van der Waals surface area contributed by atoms with Gasteiger partial charge >= 0.3 is 0 Å². The van der Waals surface area contributed by atoms with Gasteiger partial charge in [-0.2, -0.15) is 0 Å². The third-order valence-electron chi connectivity index (χ3n) is 5.96. The van der Waals surface area contributed by atoms with Crippen LogP contribution in [0.4, 0.5) is 0 Å². The predicted octanol–water partition coefficient (Wildman–Crippen LogP) is 3.86. The van der Waals surface area contributed by atoms with Crippen molar-refractivity contribution < 1.29 is 14.3 Å². The molecule has 0 bridgehead atoms. The van der Waals surface area contributed by atoms with Crippen LogP contribution >= 0.6 is 0 Å². The van der Waals surface area contributed by atoms with Crippen LogP contribution in [0.3, 0.4) is 0 Å². The van der Waals surface area contributed by atoms with E-state index < -0.39 is 0 Å². The number of amides is 1. The van der Waals surface area contributed by atoms with E-state index in [0.29, 0.717) is 17.5 Å². The lowest BCUT2D eigenvalue weighted by Gasteiger charge is -2.26. The number of aryl methyl sites for hydroxylation is 1. The van der Waals surface area contributed by atoms with Crippen LogP contribution < -0.4 is 14.8 Å². The molecule has 0 unspecified atom stereocenters. The number of carbonyl (C=O) groups is 1. The van der Waals surface area contributed by atoms with Crippen molar-refractivity contribution in [3.8, 4) is 11.5 Å². The Kier molecular flexibility index (Phi) is 6.35. The molecule has 5 nitrogen and oxygen atoms in total. The van der Waals surface area contributed by atoms with Gasteiger partial charge in [-0.05, 0) is 60.9 Å². The molecule has 2 aliphatic rings. The minimum atomic E-state index is 0.0475. The van der Waals surface area contributed by atoms with Gasteiger partial charge in [0.1, 0.15) is 0 Å². The molecule has 0 saturated carbocycles. The summed E-state index contributed by atoms with van der Waals surface area (Å²) >= 11 is 0. The molecule has 154 valence electrons. The molecule has 1 N–H and O–H groups in total. The van der Waals surface area contributed by atoms with Crippen LogP contribution in [0.15, 0.2) is 42.5 Å². The van der Waals surface area contributed by atoms with Crippen LogP contribution in [-0.2, 0) is 17.8 Å². The zero-order valence-electron chi connectivity index (χ0n) is 17.2. The normalized spacial score (nSPS) is 18.4. The van der Waals surface area contributed by atoms with Crippen LogP contribution in [0.5, 0.6) is 11.5 Å². The summed E-state index contributed by atoms with van der Waals surface area (Å²) in [6.45, 7) is 2.51. The second-order valence-corrected chi connectivity index (χ2v) is 7.89. The minimum absolute atomic E-state index is 0.0475. The number of nitrogens with zero attached hydrogens (tertiary/aromatic N) is 1. The number of carbonyl (C=O) groups excluding carboxylic acids is 1. The quantitative estimate of drug-likeness (QED) is 0.775. The molecule has 2 aromatic rings. The summed E-state index contributed by atoms with van der Waals surface area (Å²) in [4.78, 5) is 14.1. The van der Waals surface area contributed by atoms with Crippen LogP contribution in [0, 0.1) is 0 Å². The van der Waals surface area contributed by atoms with E-state index in [-0.39, 0.29) is 12.5 Å². The molecule has 1 fully saturated rings. The molecule has 29 heavy (non-hydrogen) atoms. The maximum atomic E-state index is 12.2. The average Bonchev–Trinajstić information content (AvgIpc) is 3.31. The second kappa shape index (κ2) is 9.31. The molecule has 5 heteroatoms. The highest BCUT2D eigenvalue weighted by molar-refractivity contribution is 5.78. The van der Waals surface area contributed by atoms with Gasteiger partial charge in [0.15, 0.2) is 18.1 Å². The number of ether oxygens (including phenoxy) is 2. The first kappa shape index (κ1) is 19.8. The summed E-state index contributed by atoms with van der Waals surface area (Å²) < 4.78 is 11.3. The highest BCUT2D eigenvalue weighted by Crippen LogP contribution is 2.31. The SMILES string of the molecule is COc1cc(CN[C@@H]2CCCc3ccccc32)ccc1OCC(=O)N1CCCC1. The molecule has 0 radical (unpaired) electrons. The summed E-state index contributed by atoms with van der Waals surface area (Å²) in [5, 5.41) is 3.70. The van der Waals surface area contributed by atoms with E-state index in [0.717, 1.165) is 44.5 Å². The molecular formula is C24H30N2O3. The molecule has 1 amide bonds. The number of nitrogens with one attached hydrogen (secondary N) is 1. The Labute approximate surface area is 173 Å². The Morgan fingerprint density at radius 1 is 1.10 bits per heavy atom. The molecule has 0 spiro atoms. The van der Waals surface area contributed by atoms with Crippen molar-refractivity contribution in [2.24, 2.45) is 0 Å². The van der Waals surface area contributed by atoms with Crippen molar-refractivity contribution in [3.05, 3.63) is 59.2 Å². The molecule has 2 aromatic carbocycles. The topological polar surface area (TPSA) is 50.8 Å². The Morgan fingerprint density at radius 2 is 1.93 bits per heavy atom. The van der Waals surface area contributed by atoms with Gasteiger partial charge in [-0.3, -0.25) is 4.79 Å². The zero-order valence-corrected chi connectivity index (χ0v) is 17.2. The zero-order chi connectivity index (χ0) is 20.1. The summed E-state index contributed by atoms with van der Waals surface area (Å²) in [5.41, 5.74) is 4.02. The lowest BCUT2D eigenvalue weighted by Crippen LogP contribution is -2.32. The Balaban J connectivity index is 1.36. The lowest BCUT2D eigenvalue weighted by atomic mass is 9.87. The van der Waals surface area contributed by atoms with Gasteiger partial charge in [-0.1, -0.05) is 30.3 Å². The fraction of sp³-hybridized carbons (Fsp3) is 0.458. The number of fused-ring (bicyclic) bond motifs is 1. The number of hydrogen-bond donors (Lipinski definition) is 1. The van der Waals surface area contributed by atoms with Crippen LogP contribution in [-0.4, -0.2) is 37.6 Å². The predicted molar refractivity (Wildman–Crippen MR) is 113 cm³/mol. The Morgan fingerprint density at radius 3 is 2.76 bits per heavy atom. The first-order chi connectivity index (χ1) is 14.2. The summed E-state index contributed by atoms with van der Waals surface area (Å²) in [6.07, 6.45) is 5.72. The van der Waals surface area contributed by atoms with E-state index in [9.17, 15) is 4.79 Å². The van der Waals surface area contributed by atoms with E-state index in [1.165, 1.54) is 24.0 Å². The summed E-state index contributed by atoms with van der Waals surface area (Å²) in [5.74, 6) is 1.33. The van der Waals surface area contributed by atoms with Gasteiger partial charge in [-0.15, -0.1) is 0 Å². The number of rotatable bonds is 7. The van der Waals surface area contributed by atoms with Crippen molar-refractivity contribution in [1.29, 1.82) is 0 Å². The number of benzene rings is 2. The van der Waals surface area contributed by atoms with Crippen molar-refractivity contribution in [3.63, 3.8) is 0 Å². The van der Waals surface area contributed by atoms with Gasteiger partial charge in [-0.25, -0.2) is 0 Å². The monoisotopic (exact) mass is 394 g/mol. The molecule has 1 aliphatic carbocycles. The van der Waals surface area contributed by atoms with Crippen molar-refractivity contribution >= 4 is 5.91 Å². The van der Waals surface area contributed by atoms with Gasteiger partial charge < -0.3 is 19.7 Å². The lowest BCUT2D eigenvalue weighted by molar-refractivity contribution is -0.132. The van der Waals surface area contributed by atoms with Crippen LogP contribution in [0.2, 0.25) is 0 Å². The largest absolute Gasteiger partial charge is 0.493 e. The van der Waals surface area contributed by atoms with E-state index in [4.69, 9.17) is 9.47 Å². The smallest absolute Gasteiger partial charge is 0.260 e. The second-order valence-electron chi connectivity index (χ2n) is 7.89. The van der Waals surface area contributed by atoms with E-state index in [1.54, 1.807) is 7.11 Å². The van der Waals surface area contributed by atoms with Gasteiger partial charge in [0.2, 0.25) is 0 Å². The van der Waals surface area contributed by atoms with Crippen molar-refractivity contribution in [2.75, 3.05) is 26.8 Å². The highest BCUT2D eigenvalue weighted by Gasteiger charge is 2.20. The van der Waals surface area contributed by atoms with Crippen molar-refractivity contribution in [2.45, 2.75) is 44.7 Å². The standard InChI is InChI=1S/C24H30N2O3/c1-28-23-15-18(11-12-22(23)29-17-24(27)26-13-4-5-14-26)16-25-21-10-6-8-19-7-2-3-9-20(19)21/h2-3,7,9,11-12,15,21,25H,4-6,8,10,13-14,16-17H2,1H3/t21-/m1/s1. The molecule has 1 heterocycles. The Hall–Kier alpha value is -2.53. The molecular weight excluding hydrogens is 364 g/mol. The average molecular weight is 395 g/mol. The third kappa shape index (κ3) is 4.73. The number of likely N-dealkylation sites (tertiary alicyclic amines) is 1. The van der Waals surface area contributed by atoms with Gasteiger partial charge in [0, 0.05) is 25.7 Å². The minimum Gasteiger partial charge on any atom is -0.493 e. The third-order valence-corrected chi connectivity index (χ3v) is 5.96. The van der Waals surface area contributed by atoms with Crippen molar-refractivity contribution in [1.82, 2.24) is 10.2 Å². The first-order valence-electron chi connectivity index (χ1n) is 10.6. The highest BCUT2D eigenvalue weighted by atomic mass is 16.5. The fourth-order valence-corrected chi connectivity index (χ4v) is 4.35. The van der Waals surface area contributed by atoms with Gasteiger partial charge in [0.05, 0.1) is 7.11 Å². The van der Waals surface area contributed by atoms with E-state index >= 15 is 0 Å². The first-order valence-corrected chi connectivity index (χ1v) is 10.6. The maximum Gasteiger partial charge on any atom is 0.260 e. The van der Waals surface area contributed by atoms with Crippen LogP contribution in [0.25, 0.3) is 0 Å². The van der Waals surface area contributed by atoms with Crippen LogP contribution in [0.1, 0.15) is 48.4 Å². The molecule has 1 aliphatic heterocycles. The maximum absolute atomic E-state index is 12.2. The number of methoxy groups -OCH3 is 1. The Bertz CT molecular complexity index is 846. The molecule has 0 aromatic heterocycles. The molecule has 1 saturated heterocycles. The van der Waals surface area contributed by atoms with E-state index in [2.05, 4.69) is 29.6 Å². The number of hydrogen-bond acceptors (Lipinski definition) is 4. The van der Waals surface area contributed by atoms with E-state index in [1.807, 2.05) is 23.1 Å².